The fourth-order valence-electron chi connectivity index (χ4n) is 1.27. The van der Waals surface area contributed by atoms with Crippen LogP contribution >= 0.6 is 11.3 Å². The highest BCUT2D eigenvalue weighted by Crippen LogP contribution is 2.10. The van der Waals surface area contributed by atoms with Gasteiger partial charge in [-0.2, -0.15) is 0 Å². The largest absolute Gasteiger partial charge is 0.376 e. The lowest BCUT2D eigenvalue weighted by molar-refractivity contribution is 0.119. The van der Waals surface area contributed by atoms with Crippen LogP contribution in [0.4, 0.5) is 0 Å². The van der Waals surface area contributed by atoms with Crippen molar-refractivity contribution in [2.75, 3.05) is 13.2 Å². The van der Waals surface area contributed by atoms with Gasteiger partial charge in [-0.05, 0) is 30.8 Å². The highest BCUT2D eigenvalue weighted by atomic mass is 32.1. The maximum atomic E-state index is 5.54. The lowest BCUT2D eigenvalue weighted by Crippen LogP contribution is -1.99. The molecule has 0 saturated heterocycles. The Morgan fingerprint density at radius 1 is 1.21 bits per heavy atom. The zero-order valence-corrected chi connectivity index (χ0v) is 9.39. The zero-order valence-electron chi connectivity index (χ0n) is 8.58. The molecule has 3 heteroatoms. The van der Waals surface area contributed by atoms with Gasteiger partial charge in [-0.1, -0.05) is 18.9 Å². The van der Waals surface area contributed by atoms with Gasteiger partial charge < -0.3 is 10.5 Å². The Hall–Kier alpha value is -0.380. The fourth-order valence-corrected chi connectivity index (χ4v) is 1.91. The van der Waals surface area contributed by atoms with Crippen LogP contribution in [0.15, 0.2) is 17.5 Å². The summed E-state index contributed by atoms with van der Waals surface area (Å²) in [6.07, 6.45) is 4.77. The molecule has 0 spiro atoms. The molecule has 0 bridgehead atoms. The zero-order chi connectivity index (χ0) is 10.1. The van der Waals surface area contributed by atoms with Gasteiger partial charge in [-0.25, -0.2) is 0 Å². The van der Waals surface area contributed by atoms with E-state index >= 15 is 0 Å². The Kier molecular flexibility index (Phi) is 6.66. The molecule has 0 aliphatic carbocycles. The predicted octanol–water partition coefficient (Wildman–Crippen LogP) is 2.78. The minimum Gasteiger partial charge on any atom is -0.376 e. The van der Waals surface area contributed by atoms with Gasteiger partial charge in [0.15, 0.2) is 0 Å². The number of ether oxygens (including phenoxy) is 1. The summed E-state index contributed by atoms with van der Waals surface area (Å²) in [5.74, 6) is 0. The highest BCUT2D eigenvalue weighted by Gasteiger charge is 1.93. The Morgan fingerprint density at radius 3 is 2.79 bits per heavy atom. The summed E-state index contributed by atoms with van der Waals surface area (Å²) in [5.41, 5.74) is 5.40. The van der Waals surface area contributed by atoms with Crippen molar-refractivity contribution in [3.63, 3.8) is 0 Å². The first-order valence-corrected chi connectivity index (χ1v) is 6.11. The number of unbranched alkanes of at least 4 members (excludes halogenated alkanes) is 3. The van der Waals surface area contributed by atoms with Crippen LogP contribution in [0.25, 0.3) is 0 Å². The summed E-state index contributed by atoms with van der Waals surface area (Å²) >= 11 is 1.75. The quantitative estimate of drug-likeness (QED) is 0.674. The van der Waals surface area contributed by atoms with Crippen molar-refractivity contribution >= 4 is 11.3 Å². The van der Waals surface area contributed by atoms with Crippen LogP contribution in [-0.4, -0.2) is 13.2 Å². The monoisotopic (exact) mass is 213 g/mol. The number of rotatable bonds is 8. The lowest BCUT2D eigenvalue weighted by atomic mass is 10.2. The summed E-state index contributed by atoms with van der Waals surface area (Å²) in [4.78, 5) is 1.31. The Balaban J connectivity index is 1.85. The first-order valence-electron chi connectivity index (χ1n) is 5.23. The van der Waals surface area contributed by atoms with E-state index in [1.807, 2.05) is 0 Å². The van der Waals surface area contributed by atoms with Crippen molar-refractivity contribution in [1.29, 1.82) is 0 Å². The number of hydrogen-bond donors (Lipinski definition) is 1. The molecule has 1 aromatic heterocycles. The minimum atomic E-state index is 0.772. The smallest absolute Gasteiger partial charge is 0.0809 e. The average Bonchev–Trinajstić information content (AvgIpc) is 2.69. The van der Waals surface area contributed by atoms with Gasteiger partial charge in [0.2, 0.25) is 0 Å². The van der Waals surface area contributed by atoms with Gasteiger partial charge in [-0.3, -0.25) is 0 Å². The summed E-state index contributed by atoms with van der Waals surface area (Å²) in [6, 6.07) is 4.17. The molecule has 0 saturated carbocycles. The van der Waals surface area contributed by atoms with E-state index in [1.165, 1.54) is 17.7 Å². The molecule has 0 fully saturated rings. The molecule has 0 aromatic carbocycles. The van der Waals surface area contributed by atoms with E-state index in [4.69, 9.17) is 10.5 Å². The summed E-state index contributed by atoms with van der Waals surface area (Å²) in [7, 11) is 0. The Bertz CT molecular complexity index is 211. The number of thiophene rings is 1. The SMILES string of the molecule is NCCCCCCOCc1cccs1. The van der Waals surface area contributed by atoms with E-state index in [1.54, 1.807) is 11.3 Å². The van der Waals surface area contributed by atoms with Crippen molar-refractivity contribution in [1.82, 2.24) is 0 Å². The molecule has 0 aliphatic heterocycles. The standard InChI is InChI=1S/C11H19NOS/c12-7-3-1-2-4-8-13-10-11-6-5-9-14-11/h5-6,9H,1-4,7-8,10,12H2. The molecule has 0 unspecified atom stereocenters. The molecule has 2 N–H and O–H groups in total. The van der Waals surface area contributed by atoms with E-state index in [9.17, 15) is 0 Å². The normalized spacial score (nSPS) is 10.6. The van der Waals surface area contributed by atoms with Crippen molar-refractivity contribution in [3.8, 4) is 0 Å². The van der Waals surface area contributed by atoms with E-state index in [0.717, 1.165) is 32.6 Å². The van der Waals surface area contributed by atoms with E-state index in [0.29, 0.717) is 0 Å². The Labute approximate surface area is 90.1 Å². The van der Waals surface area contributed by atoms with Gasteiger partial charge in [0.1, 0.15) is 0 Å². The fraction of sp³-hybridized carbons (Fsp3) is 0.636. The van der Waals surface area contributed by atoms with Crippen LogP contribution in [0.5, 0.6) is 0 Å². The molecule has 1 heterocycles. The molecule has 0 aliphatic rings. The molecular weight excluding hydrogens is 194 g/mol. The predicted molar refractivity (Wildman–Crippen MR) is 61.5 cm³/mol. The second kappa shape index (κ2) is 7.97. The highest BCUT2D eigenvalue weighted by molar-refractivity contribution is 7.09. The molecule has 80 valence electrons. The van der Waals surface area contributed by atoms with Crippen LogP contribution in [0.2, 0.25) is 0 Å². The third-order valence-corrected chi connectivity index (χ3v) is 2.92. The summed E-state index contributed by atoms with van der Waals surface area (Å²) in [5, 5.41) is 2.08. The third kappa shape index (κ3) is 5.37. The minimum absolute atomic E-state index is 0.772. The van der Waals surface area contributed by atoms with Gasteiger partial charge in [-0.15, -0.1) is 11.3 Å². The molecule has 1 aromatic rings. The molecular formula is C11H19NOS. The third-order valence-electron chi connectivity index (χ3n) is 2.07. The molecule has 0 amide bonds. The molecule has 1 rings (SSSR count). The molecule has 2 nitrogen and oxygen atoms in total. The molecule has 0 radical (unpaired) electrons. The van der Waals surface area contributed by atoms with Crippen molar-refractivity contribution in [2.24, 2.45) is 5.73 Å². The second-order valence-corrected chi connectivity index (χ2v) is 4.37. The maximum Gasteiger partial charge on any atom is 0.0809 e. The van der Waals surface area contributed by atoms with Crippen molar-refractivity contribution < 1.29 is 4.74 Å². The van der Waals surface area contributed by atoms with Crippen LogP contribution in [0, 0.1) is 0 Å². The lowest BCUT2D eigenvalue weighted by Gasteiger charge is -2.02. The molecule has 0 atom stereocenters. The number of nitrogens with two attached hydrogens (primary N) is 1. The van der Waals surface area contributed by atoms with Gasteiger partial charge in [0.25, 0.3) is 0 Å². The number of hydrogen-bond acceptors (Lipinski definition) is 3. The van der Waals surface area contributed by atoms with Crippen molar-refractivity contribution in [2.45, 2.75) is 32.3 Å². The molecule has 14 heavy (non-hydrogen) atoms. The first-order chi connectivity index (χ1) is 6.93. The topological polar surface area (TPSA) is 35.2 Å². The van der Waals surface area contributed by atoms with Gasteiger partial charge >= 0.3 is 0 Å². The average molecular weight is 213 g/mol. The second-order valence-electron chi connectivity index (χ2n) is 3.33. The maximum absolute atomic E-state index is 5.54. The van der Waals surface area contributed by atoms with E-state index < -0.39 is 0 Å². The van der Waals surface area contributed by atoms with Gasteiger partial charge in [0.05, 0.1) is 6.61 Å². The van der Waals surface area contributed by atoms with Crippen molar-refractivity contribution in [3.05, 3.63) is 22.4 Å². The first kappa shape index (κ1) is 11.7. The van der Waals surface area contributed by atoms with Crippen LogP contribution in [0.1, 0.15) is 30.6 Å². The summed E-state index contributed by atoms with van der Waals surface area (Å²) in [6.45, 7) is 2.47. The summed E-state index contributed by atoms with van der Waals surface area (Å²) < 4.78 is 5.54. The Morgan fingerprint density at radius 2 is 2.07 bits per heavy atom. The van der Waals surface area contributed by atoms with Crippen LogP contribution in [-0.2, 0) is 11.3 Å². The van der Waals surface area contributed by atoms with Crippen LogP contribution < -0.4 is 5.73 Å². The van der Waals surface area contributed by atoms with E-state index in [2.05, 4.69) is 17.5 Å². The van der Waals surface area contributed by atoms with Crippen LogP contribution in [0.3, 0.4) is 0 Å². The van der Waals surface area contributed by atoms with Gasteiger partial charge in [0, 0.05) is 11.5 Å². The van der Waals surface area contributed by atoms with E-state index in [-0.39, 0.29) is 0 Å².